The molecule has 0 radical (unpaired) electrons. The van der Waals surface area contributed by atoms with Gasteiger partial charge < -0.3 is 14.7 Å². The van der Waals surface area contributed by atoms with Crippen LogP contribution in [0.25, 0.3) is 0 Å². The normalized spacial score (nSPS) is 10.9. The Morgan fingerprint density at radius 2 is 2.07 bits per heavy atom. The molecule has 0 unspecified atom stereocenters. The lowest BCUT2D eigenvalue weighted by Crippen LogP contribution is -2.36. The topological polar surface area (TPSA) is 123 Å². The summed E-state index contributed by atoms with van der Waals surface area (Å²) in [5.41, 5.74) is 1.42. The average Bonchev–Trinajstić information content (AvgIpc) is 3.12. The van der Waals surface area contributed by atoms with Crippen molar-refractivity contribution in [3.8, 4) is 0 Å². The average molecular weight is 436 g/mol. The van der Waals surface area contributed by atoms with Gasteiger partial charge in [0, 0.05) is 29.0 Å². The second-order valence-corrected chi connectivity index (χ2v) is 7.67. The zero-order valence-corrected chi connectivity index (χ0v) is 17.5. The van der Waals surface area contributed by atoms with Crippen molar-refractivity contribution in [3.63, 3.8) is 0 Å². The van der Waals surface area contributed by atoms with E-state index in [0.717, 1.165) is 21.9 Å². The number of hydrogen-bond acceptors (Lipinski definition) is 7. The summed E-state index contributed by atoms with van der Waals surface area (Å²) in [4.78, 5) is 38.5. The van der Waals surface area contributed by atoms with Gasteiger partial charge in [-0.3, -0.25) is 14.2 Å². The van der Waals surface area contributed by atoms with Gasteiger partial charge in [-0.15, -0.1) is 10.2 Å². The summed E-state index contributed by atoms with van der Waals surface area (Å²) in [6.07, 6.45) is 0.0803. The smallest absolute Gasteiger partial charge is 0.328 e. The number of aryl methyl sites for hydroxylation is 2. The van der Waals surface area contributed by atoms with E-state index < -0.39 is 11.2 Å². The summed E-state index contributed by atoms with van der Waals surface area (Å²) < 4.78 is 6.48. The number of benzene rings is 1. The molecule has 0 fully saturated rings. The highest BCUT2D eigenvalue weighted by Crippen LogP contribution is 2.21. The van der Waals surface area contributed by atoms with Gasteiger partial charge in [0.25, 0.3) is 10.8 Å². The molecule has 0 aliphatic heterocycles. The first-order valence-electron chi connectivity index (χ1n) is 8.54. The molecular weight excluding hydrogens is 418 g/mol. The maximum absolute atomic E-state index is 12.2. The molecule has 0 aliphatic carbocycles. The molecule has 9 nitrogen and oxygen atoms in total. The fourth-order valence-corrected chi connectivity index (χ4v) is 3.26. The number of nitrogens with one attached hydrogen (secondary N) is 2. The highest BCUT2D eigenvalue weighted by molar-refractivity contribution is 7.99. The molecular formula is C18H18ClN5O4S. The molecule has 1 aromatic carbocycles. The summed E-state index contributed by atoms with van der Waals surface area (Å²) in [6.45, 7) is 3.51. The highest BCUT2D eigenvalue weighted by Gasteiger charge is 2.15. The number of carbonyl (C=O) groups is 1. The van der Waals surface area contributed by atoms with E-state index in [-0.39, 0.29) is 29.2 Å². The maximum atomic E-state index is 12.2. The number of aromatic nitrogens is 4. The lowest BCUT2D eigenvalue weighted by molar-refractivity contribution is -0.113. The summed E-state index contributed by atoms with van der Waals surface area (Å²) in [6, 6.07) is 5.26. The van der Waals surface area contributed by atoms with E-state index >= 15 is 0 Å². The van der Waals surface area contributed by atoms with E-state index in [1.807, 2.05) is 13.0 Å². The maximum Gasteiger partial charge on any atom is 0.328 e. The van der Waals surface area contributed by atoms with E-state index in [2.05, 4.69) is 20.5 Å². The first kappa shape index (κ1) is 20.9. The molecule has 152 valence electrons. The molecule has 3 rings (SSSR count). The van der Waals surface area contributed by atoms with Gasteiger partial charge in [0.1, 0.15) is 0 Å². The van der Waals surface area contributed by atoms with Crippen molar-refractivity contribution in [3.05, 3.63) is 66.8 Å². The predicted molar refractivity (Wildman–Crippen MR) is 110 cm³/mol. The van der Waals surface area contributed by atoms with E-state index in [0.29, 0.717) is 22.0 Å². The van der Waals surface area contributed by atoms with Crippen molar-refractivity contribution in [2.24, 2.45) is 7.05 Å². The molecule has 2 aromatic heterocycles. The van der Waals surface area contributed by atoms with Gasteiger partial charge in [-0.2, -0.15) is 0 Å². The van der Waals surface area contributed by atoms with Gasteiger partial charge in [0.05, 0.1) is 12.2 Å². The second-order valence-electron chi connectivity index (χ2n) is 6.34. The van der Waals surface area contributed by atoms with Crippen LogP contribution in [0.3, 0.4) is 0 Å². The van der Waals surface area contributed by atoms with Crippen LogP contribution in [-0.4, -0.2) is 31.4 Å². The molecule has 0 spiro atoms. The van der Waals surface area contributed by atoms with Crippen LogP contribution < -0.4 is 16.6 Å². The van der Waals surface area contributed by atoms with Crippen molar-refractivity contribution in [1.29, 1.82) is 0 Å². The number of amides is 1. The molecule has 1 amide bonds. The fraction of sp³-hybridized carbons (Fsp3) is 0.278. The lowest BCUT2D eigenvalue weighted by Gasteiger charge is -2.06. The summed E-state index contributed by atoms with van der Waals surface area (Å²) in [7, 11) is 1.39. The van der Waals surface area contributed by atoms with E-state index in [9.17, 15) is 14.4 Å². The van der Waals surface area contributed by atoms with Crippen LogP contribution >= 0.6 is 23.4 Å². The van der Waals surface area contributed by atoms with E-state index in [4.69, 9.17) is 16.0 Å². The van der Waals surface area contributed by atoms with Crippen molar-refractivity contribution in [2.75, 3.05) is 11.1 Å². The number of hydrogen-bond donors (Lipinski definition) is 2. The van der Waals surface area contributed by atoms with Crippen molar-refractivity contribution in [2.45, 2.75) is 25.5 Å². The molecule has 0 saturated heterocycles. The first-order valence-corrected chi connectivity index (χ1v) is 9.91. The Bertz CT molecular complexity index is 1180. The zero-order chi connectivity index (χ0) is 21.1. The molecule has 0 atom stereocenters. The first-order chi connectivity index (χ1) is 13.7. The molecule has 29 heavy (non-hydrogen) atoms. The summed E-state index contributed by atoms with van der Waals surface area (Å²) >= 11 is 7.12. The lowest BCUT2D eigenvalue weighted by atomic mass is 10.2. The Morgan fingerprint density at radius 3 is 2.79 bits per heavy atom. The van der Waals surface area contributed by atoms with Crippen molar-refractivity contribution < 1.29 is 9.21 Å². The zero-order valence-electron chi connectivity index (χ0n) is 15.9. The Balaban J connectivity index is 1.61. The second kappa shape index (κ2) is 8.66. The van der Waals surface area contributed by atoms with Gasteiger partial charge in [0.15, 0.2) is 0 Å². The third kappa shape index (κ3) is 4.96. The standard InChI is InChI=1S/C18H18ClN5O4S/c1-9-4-5-11(6-13(9)19)21-14(25)8-29-18-23-22-15(28-18)7-12-10(2)20-17(27)24(3)16(12)26/h4-6H,7-8H2,1-3H3,(H,20,27)(H,21,25). The Labute approximate surface area is 174 Å². The van der Waals surface area contributed by atoms with Crippen LogP contribution in [0.4, 0.5) is 5.69 Å². The third-order valence-electron chi connectivity index (χ3n) is 4.17. The largest absolute Gasteiger partial charge is 0.416 e. The quantitative estimate of drug-likeness (QED) is 0.568. The van der Waals surface area contributed by atoms with Gasteiger partial charge in [-0.1, -0.05) is 29.4 Å². The van der Waals surface area contributed by atoms with Crippen LogP contribution in [0.1, 0.15) is 22.7 Å². The number of aromatic amines is 1. The number of anilines is 1. The van der Waals surface area contributed by atoms with Gasteiger partial charge >= 0.3 is 5.69 Å². The molecule has 0 bridgehead atoms. The molecule has 2 N–H and O–H groups in total. The monoisotopic (exact) mass is 435 g/mol. The number of carbonyl (C=O) groups excluding carboxylic acids is 1. The Morgan fingerprint density at radius 1 is 1.31 bits per heavy atom. The van der Waals surface area contributed by atoms with Gasteiger partial charge in [-0.25, -0.2) is 4.79 Å². The number of rotatable bonds is 6. The predicted octanol–water partition coefficient (Wildman–Crippen LogP) is 2.05. The van der Waals surface area contributed by atoms with Crippen LogP contribution in [0.2, 0.25) is 5.02 Å². The van der Waals surface area contributed by atoms with Gasteiger partial charge in [-0.05, 0) is 31.5 Å². The SMILES string of the molecule is Cc1ccc(NC(=O)CSc2nnc(Cc3c(C)[nH]c(=O)n(C)c3=O)o2)cc1Cl. The number of thioether (sulfide) groups is 1. The van der Waals surface area contributed by atoms with E-state index in [1.165, 1.54) is 7.05 Å². The number of H-pyrrole nitrogens is 1. The van der Waals surface area contributed by atoms with Crippen LogP contribution in [-0.2, 0) is 18.3 Å². The number of nitrogens with zero attached hydrogens (tertiary/aromatic N) is 3. The minimum absolute atomic E-state index is 0.0621. The van der Waals surface area contributed by atoms with Crippen molar-refractivity contribution in [1.82, 2.24) is 19.7 Å². The summed E-state index contributed by atoms with van der Waals surface area (Å²) in [5, 5.41) is 11.3. The van der Waals surface area contributed by atoms with Crippen LogP contribution in [0.15, 0.2) is 37.4 Å². The molecule has 11 heteroatoms. The molecule has 3 aromatic rings. The number of halogens is 1. The highest BCUT2D eigenvalue weighted by atomic mass is 35.5. The van der Waals surface area contributed by atoms with Crippen LogP contribution in [0.5, 0.6) is 0 Å². The van der Waals surface area contributed by atoms with Crippen LogP contribution in [0, 0.1) is 13.8 Å². The minimum Gasteiger partial charge on any atom is -0.416 e. The Hall–Kier alpha value is -2.85. The van der Waals surface area contributed by atoms with Crippen molar-refractivity contribution >= 4 is 35.0 Å². The third-order valence-corrected chi connectivity index (χ3v) is 5.40. The van der Waals surface area contributed by atoms with E-state index in [1.54, 1.807) is 19.1 Å². The van der Waals surface area contributed by atoms with Gasteiger partial charge in [0.2, 0.25) is 11.8 Å². The summed E-state index contributed by atoms with van der Waals surface area (Å²) in [5.74, 6) is 0.0255. The molecule has 0 aliphatic rings. The fourth-order valence-electron chi connectivity index (χ4n) is 2.50. The Kier molecular flexibility index (Phi) is 6.23. The molecule has 0 saturated carbocycles. The minimum atomic E-state index is -0.487. The molecule has 2 heterocycles.